The third kappa shape index (κ3) is 2.70. The van der Waals surface area contributed by atoms with Gasteiger partial charge in [0.2, 0.25) is 0 Å². The fourth-order valence-corrected chi connectivity index (χ4v) is 3.35. The Morgan fingerprint density at radius 1 is 1.24 bits per heavy atom. The van der Waals surface area contributed by atoms with E-state index in [4.69, 9.17) is 46.4 Å². The quantitative estimate of drug-likeness (QED) is 0.370. The summed E-state index contributed by atoms with van der Waals surface area (Å²) in [5.41, 5.74) is 0.156. The van der Waals surface area contributed by atoms with Gasteiger partial charge in [-0.15, -0.1) is 0 Å². The van der Waals surface area contributed by atoms with Gasteiger partial charge >= 0.3 is 0 Å². The molecule has 1 atom stereocenters. The molecule has 6 heteroatoms. The first-order valence-electron chi connectivity index (χ1n) is 5.11. The topological polar surface area (TPSA) is 15.4 Å². The van der Waals surface area contributed by atoms with E-state index in [1.54, 1.807) is 16.8 Å². The van der Waals surface area contributed by atoms with Gasteiger partial charge in [0.1, 0.15) is 15.6 Å². The maximum Gasteiger partial charge on any atom is 0.270 e. The third-order valence-corrected chi connectivity index (χ3v) is 3.66. The van der Waals surface area contributed by atoms with E-state index < -0.39 is 0 Å². The van der Waals surface area contributed by atoms with Crippen LogP contribution in [0.3, 0.4) is 0 Å². The monoisotopic (exact) mass is 311 g/mol. The Labute approximate surface area is 120 Å². The van der Waals surface area contributed by atoms with Crippen LogP contribution in [0.2, 0.25) is 15.1 Å². The van der Waals surface area contributed by atoms with Gasteiger partial charge in [0.15, 0.2) is 0 Å². The summed E-state index contributed by atoms with van der Waals surface area (Å²) in [6.45, 7) is 4.03. The minimum absolute atomic E-state index is 0.210. The van der Waals surface area contributed by atoms with Crippen molar-refractivity contribution >= 4 is 52.1 Å². The minimum Gasteiger partial charge on any atom is -0.0842 e. The van der Waals surface area contributed by atoms with E-state index in [1.807, 2.05) is 13.8 Å². The van der Waals surface area contributed by atoms with Gasteiger partial charge < -0.3 is 0 Å². The van der Waals surface area contributed by atoms with Crippen LogP contribution in [-0.4, -0.2) is 15.7 Å². The first-order chi connectivity index (χ1) is 7.80. The molecule has 0 radical (unpaired) electrons. The van der Waals surface area contributed by atoms with Crippen molar-refractivity contribution in [1.82, 2.24) is 0 Å². The first-order valence-corrected chi connectivity index (χ1v) is 6.68. The standard InChI is InChI=1S/C11H11Cl4N2/c1-11(2)5-9(15)17(16-11)10-7(13)3-6(12)4-8(10)14/h3-4,9H,5H2,1-2H3/q+1. The lowest BCUT2D eigenvalue weighted by molar-refractivity contribution is -0.516. The van der Waals surface area contributed by atoms with Crippen molar-refractivity contribution in [1.29, 1.82) is 0 Å². The molecule has 1 aliphatic rings. The zero-order chi connectivity index (χ0) is 12.8. The van der Waals surface area contributed by atoms with Crippen LogP contribution in [0, 0.1) is 0 Å². The molecule has 0 fully saturated rings. The molecule has 0 amide bonds. The summed E-state index contributed by atoms with van der Waals surface area (Å²) in [4.78, 5) is 0. The third-order valence-electron chi connectivity index (χ3n) is 2.52. The van der Waals surface area contributed by atoms with Gasteiger partial charge in [-0.2, -0.15) is 0 Å². The molecule has 0 aliphatic carbocycles. The van der Waals surface area contributed by atoms with Gasteiger partial charge in [-0.3, -0.25) is 0 Å². The number of rotatable bonds is 1. The van der Waals surface area contributed by atoms with E-state index in [0.717, 1.165) is 6.42 Å². The van der Waals surface area contributed by atoms with Crippen LogP contribution in [0.15, 0.2) is 17.2 Å². The Morgan fingerprint density at radius 3 is 2.18 bits per heavy atom. The SMILES string of the molecule is CC1(C)CC(Cl)[N+](c2c(Cl)cc(Cl)cc2Cl)=N1. The molecule has 0 aromatic heterocycles. The average molecular weight is 313 g/mol. The molecule has 0 bridgehead atoms. The lowest BCUT2D eigenvalue weighted by Crippen LogP contribution is -2.14. The smallest absolute Gasteiger partial charge is 0.0842 e. The number of hydrogen-bond acceptors (Lipinski definition) is 1. The minimum atomic E-state index is -0.249. The zero-order valence-electron chi connectivity index (χ0n) is 9.35. The Morgan fingerprint density at radius 2 is 1.76 bits per heavy atom. The summed E-state index contributed by atoms with van der Waals surface area (Å²) < 4.78 is 1.67. The highest BCUT2D eigenvalue weighted by atomic mass is 35.5. The van der Waals surface area contributed by atoms with Crippen LogP contribution in [0.25, 0.3) is 0 Å². The van der Waals surface area contributed by atoms with Gasteiger partial charge in [-0.1, -0.05) is 39.5 Å². The molecular weight excluding hydrogens is 302 g/mol. The molecular formula is C11H11Cl4N2+. The Bertz CT molecular complexity index is 473. The normalized spacial score (nSPS) is 22.7. The van der Waals surface area contributed by atoms with Crippen LogP contribution < -0.4 is 0 Å². The molecule has 0 spiro atoms. The van der Waals surface area contributed by atoms with Crippen LogP contribution >= 0.6 is 46.4 Å². The van der Waals surface area contributed by atoms with Crippen molar-refractivity contribution in [2.45, 2.75) is 31.3 Å². The number of hydrogen-bond donors (Lipinski definition) is 0. The van der Waals surface area contributed by atoms with Crippen molar-refractivity contribution in [3.8, 4) is 0 Å². The summed E-state index contributed by atoms with van der Waals surface area (Å²) >= 11 is 24.4. The summed E-state index contributed by atoms with van der Waals surface area (Å²) in [5, 5.41) is 5.91. The molecule has 1 unspecified atom stereocenters. The molecule has 0 N–H and O–H groups in total. The summed E-state index contributed by atoms with van der Waals surface area (Å²) in [5.74, 6) is 0. The van der Waals surface area contributed by atoms with E-state index in [-0.39, 0.29) is 11.0 Å². The fraction of sp³-hybridized carbons (Fsp3) is 0.455. The van der Waals surface area contributed by atoms with Crippen molar-refractivity contribution < 1.29 is 4.70 Å². The highest BCUT2D eigenvalue weighted by Crippen LogP contribution is 2.41. The molecule has 1 aromatic rings. The largest absolute Gasteiger partial charge is 0.270 e. The molecule has 2 nitrogen and oxygen atoms in total. The van der Waals surface area contributed by atoms with Crippen LogP contribution in [-0.2, 0) is 0 Å². The first kappa shape index (κ1) is 13.4. The van der Waals surface area contributed by atoms with E-state index in [2.05, 4.69) is 5.11 Å². The average Bonchev–Trinajstić information content (AvgIpc) is 2.38. The van der Waals surface area contributed by atoms with Gasteiger partial charge in [-0.05, 0) is 42.7 Å². The van der Waals surface area contributed by atoms with E-state index >= 15 is 0 Å². The lowest BCUT2D eigenvalue weighted by Gasteiger charge is -2.03. The molecule has 1 heterocycles. The van der Waals surface area contributed by atoms with Gasteiger partial charge in [0, 0.05) is 5.02 Å². The summed E-state index contributed by atoms with van der Waals surface area (Å²) in [6.07, 6.45) is 0.740. The highest BCUT2D eigenvalue weighted by Gasteiger charge is 2.42. The Kier molecular flexibility index (Phi) is 3.61. The number of benzene rings is 1. The predicted octanol–water partition coefficient (Wildman–Crippen LogP) is 5.49. The van der Waals surface area contributed by atoms with Gasteiger partial charge in [0.25, 0.3) is 11.2 Å². The van der Waals surface area contributed by atoms with E-state index in [0.29, 0.717) is 20.8 Å². The maximum absolute atomic E-state index is 6.26. The molecule has 0 saturated carbocycles. The summed E-state index contributed by atoms with van der Waals surface area (Å²) in [7, 11) is 0. The summed E-state index contributed by atoms with van der Waals surface area (Å²) in [6, 6.07) is 3.27. The fourth-order valence-electron chi connectivity index (χ4n) is 1.84. The van der Waals surface area contributed by atoms with Crippen LogP contribution in [0.4, 0.5) is 5.69 Å². The predicted molar refractivity (Wildman–Crippen MR) is 72.2 cm³/mol. The van der Waals surface area contributed by atoms with Crippen molar-refractivity contribution in [2.24, 2.45) is 5.11 Å². The maximum atomic E-state index is 6.26. The molecule has 0 saturated heterocycles. The molecule has 1 aromatic carbocycles. The Hall–Kier alpha value is -0.0200. The second-order valence-corrected chi connectivity index (χ2v) is 6.37. The van der Waals surface area contributed by atoms with Gasteiger partial charge in [-0.25, -0.2) is 0 Å². The highest BCUT2D eigenvalue weighted by molar-refractivity contribution is 6.41. The number of halogens is 4. The zero-order valence-corrected chi connectivity index (χ0v) is 12.4. The van der Waals surface area contributed by atoms with Crippen LogP contribution in [0.1, 0.15) is 20.3 Å². The van der Waals surface area contributed by atoms with Crippen molar-refractivity contribution in [2.75, 3.05) is 0 Å². The lowest BCUT2D eigenvalue weighted by atomic mass is 10.0. The van der Waals surface area contributed by atoms with E-state index in [9.17, 15) is 0 Å². The molecule has 17 heavy (non-hydrogen) atoms. The molecule has 92 valence electrons. The molecule has 2 rings (SSSR count). The van der Waals surface area contributed by atoms with Crippen LogP contribution in [0.5, 0.6) is 0 Å². The van der Waals surface area contributed by atoms with E-state index in [1.165, 1.54) is 0 Å². The van der Waals surface area contributed by atoms with Gasteiger partial charge in [0.05, 0.1) is 6.42 Å². The molecule has 1 aliphatic heterocycles. The number of nitrogens with zero attached hydrogens (tertiary/aromatic N) is 2. The van der Waals surface area contributed by atoms with Crippen molar-refractivity contribution in [3.05, 3.63) is 27.2 Å². The second kappa shape index (κ2) is 4.58. The number of azo groups is 2. The number of alkyl halides is 1. The second-order valence-electron chi connectivity index (χ2n) is 4.61. The van der Waals surface area contributed by atoms with Crippen molar-refractivity contribution in [3.63, 3.8) is 0 Å². The Balaban J connectivity index is 2.56.